The number of anilines is 1. The number of hydrogen-bond donors (Lipinski definition) is 2. The molecule has 0 spiro atoms. The molecule has 1 aromatic heterocycles. The summed E-state index contributed by atoms with van der Waals surface area (Å²) in [6.45, 7) is 6.22. The van der Waals surface area contributed by atoms with Gasteiger partial charge in [0.05, 0.1) is 0 Å². The second-order valence-electron chi connectivity index (χ2n) is 3.52. The first-order valence-electron chi connectivity index (χ1n) is 5.14. The normalized spacial score (nSPS) is 11.4. The number of nitrogens with zero attached hydrogens (tertiary/aromatic N) is 1. The van der Waals surface area contributed by atoms with Crippen molar-refractivity contribution in [2.45, 2.75) is 19.9 Å². The zero-order valence-corrected chi connectivity index (χ0v) is 10.8. The molecule has 7 heteroatoms. The third kappa shape index (κ3) is 3.77. The van der Waals surface area contributed by atoms with Crippen LogP contribution in [0.3, 0.4) is 0 Å². The van der Waals surface area contributed by atoms with Gasteiger partial charge in [-0.2, -0.15) is 0 Å². The van der Waals surface area contributed by atoms with E-state index in [1.54, 1.807) is 5.38 Å². The van der Waals surface area contributed by atoms with Crippen molar-refractivity contribution in [1.82, 2.24) is 10.3 Å². The molecule has 6 nitrogen and oxygen atoms in total. The summed E-state index contributed by atoms with van der Waals surface area (Å²) < 4.78 is 0. The molecule has 0 aromatic carbocycles. The number of amides is 2. The summed E-state index contributed by atoms with van der Waals surface area (Å²) in [6, 6.07) is -0.708. The van der Waals surface area contributed by atoms with Crippen LogP contribution in [0.5, 0.6) is 0 Å². The van der Waals surface area contributed by atoms with Crippen molar-refractivity contribution in [3.63, 3.8) is 0 Å². The standard InChI is InChI=1S/C11H13N3O3S/c1-4-9(16)12-6(2)10(17)14-11-13-8(5-18-11)7(3)15/h4-6H,1H2,2-3H3,(H,12,16)(H,13,14,17)/t6-/m1/s1. The molecule has 1 atom stereocenters. The number of hydrogen-bond acceptors (Lipinski definition) is 5. The van der Waals surface area contributed by atoms with E-state index in [0.717, 1.165) is 17.4 Å². The SMILES string of the molecule is C=CC(=O)N[C@H](C)C(=O)Nc1nc(C(C)=O)cs1. The Hall–Kier alpha value is -2.02. The first-order chi connectivity index (χ1) is 8.43. The van der Waals surface area contributed by atoms with Crippen molar-refractivity contribution in [2.75, 3.05) is 5.32 Å². The number of carbonyl (C=O) groups is 3. The topological polar surface area (TPSA) is 88.2 Å². The fourth-order valence-corrected chi connectivity index (χ4v) is 1.80. The number of ketones is 1. The Bertz CT molecular complexity index is 495. The zero-order valence-electron chi connectivity index (χ0n) is 10.0. The van der Waals surface area contributed by atoms with Crippen LogP contribution in [0.2, 0.25) is 0 Å². The number of Topliss-reactive ketones (excluding diaryl/α,β-unsaturated/α-hetero) is 1. The van der Waals surface area contributed by atoms with Gasteiger partial charge in [0.1, 0.15) is 11.7 Å². The van der Waals surface area contributed by atoms with E-state index >= 15 is 0 Å². The third-order valence-corrected chi connectivity index (χ3v) is 2.79. The molecule has 0 radical (unpaired) electrons. The molecule has 2 N–H and O–H groups in total. The summed E-state index contributed by atoms with van der Waals surface area (Å²) in [4.78, 5) is 37.6. The van der Waals surface area contributed by atoms with Gasteiger partial charge in [0.25, 0.3) is 0 Å². The monoisotopic (exact) mass is 267 g/mol. The molecular weight excluding hydrogens is 254 g/mol. The zero-order chi connectivity index (χ0) is 13.7. The lowest BCUT2D eigenvalue weighted by molar-refractivity contribution is -0.123. The summed E-state index contributed by atoms with van der Waals surface area (Å²) in [5, 5.41) is 6.82. The van der Waals surface area contributed by atoms with Crippen LogP contribution in [0.1, 0.15) is 24.3 Å². The molecule has 0 saturated carbocycles. The van der Waals surface area contributed by atoms with Gasteiger partial charge in [0.2, 0.25) is 11.8 Å². The van der Waals surface area contributed by atoms with Gasteiger partial charge in [-0.1, -0.05) is 6.58 Å². The fraction of sp³-hybridized carbons (Fsp3) is 0.273. The molecule has 1 aromatic rings. The quantitative estimate of drug-likeness (QED) is 0.614. The van der Waals surface area contributed by atoms with Gasteiger partial charge in [0, 0.05) is 12.3 Å². The number of nitrogens with one attached hydrogen (secondary N) is 2. The lowest BCUT2D eigenvalue weighted by Crippen LogP contribution is -2.40. The van der Waals surface area contributed by atoms with E-state index < -0.39 is 17.9 Å². The van der Waals surface area contributed by atoms with E-state index in [1.165, 1.54) is 13.8 Å². The second kappa shape index (κ2) is 6.06. The Morgan fingerprint density at radius 1 is 1.50 bits per heavy atom. The number of rotatable bonds is 5. The summed E-state index contributed by atoms with van der Waals surface area (Å²) in [6.07, 6.45) is 1.08. The predicted molar refractivity (Wildman–Crippen MR) is 68.5 cm³/mol. The molecule has 0 aliphatic carbocycles. The minimum atomic E-state index is -0.708. The third-order valence-electron chi connectivity index (χ3n) is 2.03. The van der Waals surface area contributed by atoms with Gasteiger partial charge < -0.3 is 10.6 Å². The molecule has 2 amide bonds. The maximum absolute atomic E-state index is 11.7. The Labute approximate surface area is 108 Å². The lowest BCUT2D eigenvalue weighted by Gasteiger charge is -2.10. The molecular formula is C11H13N3O3S. The highest BCUT2D eigenvalue weighted by atomic mass is 32.1. The Morgan fingerprint density at radius 3 is 2.67 bits per heavy atom. The first-order valence-corrected chi connectivity index (χ1v) is 6.02. The summed E-state index contributed by atoms with van der Waals surface area (Å²) in [5.74, 6) is -1.00. The highest BCUT2D eigenvalue weighted by Crippen LogP contribution is 2.15. The largest absolute Gasteiger partial charge is 0.341 e. The van der Waals surface area contributed by atoms with Crippen LogP contribution in [0.4, 0.5) is 5.13 Å². The highest BCUT2D eigenvalue weighted by Gasteiger charge is 2.16. The minimum Gasteiger partial charge on any atom is -0.341 e. The number of thiazole rings is 1. The van der Waals surface area contributed by atoms with Gasteiger partial charge in [-0.3, -0.25) is 14.4 Å². The van der Waals surface area contributed by atoms with Gasteiger partial charge in [-0.05, 0) is 13.0 Å². The summed E-state index contributed by atoms with van der Waals surface area (Å²) >= 11 is 1.15. The van der Waals surface area contributed by atoms with Crippen LogP contribution >= 0.6 is 11.3 Å². The fourth-order valence-electron chi connectivity index (χ4n) is 1.04. The Kier molecular flexibility index (Phi) is 4.73. The van der Waals surface area contributed by atoms with E-state index in [0.29, 0.717) is 10.8 Å². The molecule has 0 aliphatic rings. The van der Waals surface area contributed by atoms with Crippen molar-refractivity contribution in [3.8, 4) is 0 Å². The first kappa shape index (κ1) is 14.0. The van der Waals surface area contributed by atoms with E-state index in [1.807, 2.05) is 0 Å². The average Bonchev–Trinajstić information content (AvgIpc) is 2.77. The van der Waals surface area contributed by atoms with Crippen molar-refractivity contribution < 1.29 is 14.4 Å². The van der Waals surface area contributed by atoms with Gasteiger partial charge in [-0.25, -0.2) is 4.98 Å². The van der Waals surface area contributed by atoms with Crippen LogP contribution in [0.25, 0.3) is 0 Å². The molecule has 1 heterocycles. The van der Waals surface area contributed by atoms with Gasteiger partial charge >= 0.3 is 0 Å². The second-order valence-corrected chi connectivity index (χ2v) is 4.38. The van der Waals surface area contributed by atoms with Crippen LogP contribution < -0.4 is 10.6 Å². The molecule has 0 aliphatic heterocycles. The van der Waals surface area contributed by atoms with E-state index in [4.69, 9.17) is 0 Å². The van der Waals surface area contributed by atoms with Gasteiger partial charge in [-0.15, -0.1) is 11.3 Å². The van der Waals surface area contributed by atoms with Crippen LogP contribution in [-0.2, 0) is 9.59 Å². The number of carbonyl (C=O) groups excluding carboxylic acids is 3. The van der Waals surface area contributed by atoms with E-state index in [9.17, 15) is 14.4 Å². The van der Waals surface area contributed by atoms with Crippen molar-refractivity contribution in [2.24, 2.45) is 0 Å². The van der Waals surface area contributed by atoms with Crippen LogP contribution in [-0.4, -0.2) is 28.6 Å². The van der Waals surface area contributed by atoms with Crippen LogP contribution in [0, 0.1) is 0 Å². The summed E-state index contributed by atoms with van der Waals surface area (Å²) in [7, 11) is 0. The molecule has 96 valence electrons. The smallest absolute Gasteiger partial charge is 0.248 e. The summed E-state index contributed by atoms with van der Waals surface area (Å²) in [5.41, 5.74) is 0.304. The van der Waals surface area contributed by atoms with Gasteiger partial charge in [0.15, 0.2) is 10.9 Å². The Balaban J connectivity index is 2.60. The van der Waals surface area contributed by atoms with E-state index in [2.05, 4.69) is 22.2 Å². The molecule has 0 unspecified atom stereocenters. The molecule has 1 rings (SSSR count). The van der Waals surface area contributed by atoms with Crippen molar-refractivity contribution in [3.05, 3.63) is 23.7 Å². The molecule has 0 fully saturated rings. The Morgan fingerprint density at radius 2 is 2.17 bits per heavy atom. The molecule has 0 bridgehead atoms. The lowest BCUT2D eigenvalue weighted by atomic mass is 10.3. The van der Waals surface area contributed by atoms with Crippen LogP contribution in [0.15, 0.2) is 18.0 Å². The predicted octanol–water partition coefficient (Wildman–Crippen LogP) is 0.975. The van der Waals surface area contributed by atoms with Crippen molar-refractivity contribution >= 4 is 34.1 Å². The molecule has 18 heavy (non-hydrogen) atoms. The highest BCUT2D eigenvalue weighted by molar-refractivity contribution is 7.14. The van der Waals surface area contributed by atoms with E-state index in [-0.39, 0.29) is 5.78 Å². The van der Waals surface area contributed by atoms with Crippen molar-refractivity contribution in [1.29, 1.82) is 0 Å². The maximum Gasteiger partial charge on any atom is 0.248 e. The average molecular weight is 267 g/mol. The maximum atomic E-state index is 11.7. The minimum absolute atomic E-state index is 0.167. The molecule has 0 saturated heterocycles. The number of aromatic nitrogens is 1.